The zero-order valence-electron chi connectivity index (χ0n) is 14.2. The average Bonchev–Trinajstić information content (AvgIpc) is 3.20. The molecule has 2 N–H and O–H groups in total. The first-order valence-corrected chi connectivity index (χ1v) is 9.40. The van der Waals surface area contributed by atoms with Gasteiger partial charge in [0, 0.05) is 18.7 Å². The van der Waals surface area contributed by atoms with Crippen LogP contribution in [0.15, 0.2) is 47.5 Å². The molecule has 0 spiro atoms. The van der Waals surface area contributed by atoms with Gasteiger partial charge in [-0.05, 0) is 37.1 Å². The number of hydrogen-bond acceptors (Lipinski definition) is 6. The summed E-state index contributed by atoms with van der Waals surface area (Å²) in [4.78, 5) is 23.9. The van der Waals surface area contributed by atoms with E-state index in [4.69, 9.17) is 4.74 Å². The van der Waals surface area contributed by atoms with Gasteiger partial charge in [0.05, 0.1) is 11.9 Å². The minimum absolute atomic E-state index is 0.0613. The largest absolute Gasteiger partial charge is 0.376 e. The first-order valence-electron chi connectivity index (χ1n) is 8.42. The Labute approximate surface area is 155 Å². The maximum absolute atomic E-state index is 12.0. The number of aromatic nitrogens is 2. The van der Waals surface area contributed by atoms with Gasteiger partial charge in [0.1, 0.15) is 5.03 Å². The van der Waals surface area contributed by atoms with Gasteiger partial charge in [-0.1, -0.05) is 30.0 Å². The highest BCUT2D eigenvalue weighted by atomic mass is 32.2. The highest BCUT2D eigenvalue weighted by Crippen LogP contribution is 2.16. The molecule has 1 saturated heterocycles. The lowest BCUT2D eigenvalue weighted by atomic mass is 10.2. The van der Waals surface area contributed by atoms with Crippen LogP contribution in [0.1, 0.15) is 23.2 Å². The van der Waals surface area contributed by atoms with Crippen molar-refractivity contribution >= 4 is 29.4 Å². The molecule has 3 rings (SSSR count). The van der Waals surface area contributed by atoms with E-state index in [9.17, 15) is 9.59 Å². The van der Waals surface area contributed by atoms with Gasteiger partial charge < -0.3 is 15.4 Å². The Morgan fingerprint density at radius 1 is 1.15 bits per heavy atom. The number of ether oxygens (including phenoxy) is 1. The molecule has 1 fully saturated rings. The lowest BCUT2D eigenvalue weighted by Gasteiger charge is -2.10. The highest BCUT2D eigenvalue weighted by molar-refractivity contribution is 7.99. The third kappa shape index (κ3) is 5.53. The molecule has 7 nitrogen and oxygen atoms in total. The summed E-state index contributed by atoms with van der Waals surface area (Å²) in [5.74, 6) is 0.325. The Hall–Kier alpha value is -2.45. The second kappa shape index (κ2) is 9.30. The van der Waals surface area contributed by atoms with Crippen LogP contribution in [-0.2, 0) is 9.53 Å². The highest BCUT2D eigenvalue weighted by Gasteiger charge is 2.16. The van der Waals surface area contributed by atoms with Crippen LogP contribution in [0.3, 0.4) is 0 Å². The van der Waals surface area contributed by atoms with Crippen molar-refractivity contribution < 1.29 is 14.3 Å². The van der Waals surface area contributed by atoms with Crippen LogP contribution in [0.25, 0.3) is 0 Å². The fourth-order valence-electron chi connectivity index (χ4n) is 2.47. The Kier molecular flexibility index (Phi) is 6.56. The van der Waals surface area contributed by atoms with Gasteiger partial charge in [-0.3, -0.25) is 9.59 Å². The molecule has 0 aliphatic carbocycles. The van der Waals surface area contributed by atoms with Crippen LogP contribution in [0.2, 0.25) is 0 Å². The number of nitrogens with zero attached hydrogens (tertiary/aromatic N) is 2. The molecule has 2 amide bonds. The molecule has 1 aliphatic rings. The molecule has 1 atom stereocenters. The third-order valence-corrected chi connectivity index (χ3v) is 4.74. The van der Waals surface area contributed by atoms with Crippen LogP contribution in [0.4, 0.5) is 5.82 Å². The number of rotatable bonds is 7. The van der Waals surface area contributed by atoms with Crippen molar-refractivity contribution in [1.82, 2.24) is 15.5 Å². The molecule has 2 heterocycles. The summed E-state index contributed by atoms with van der Waals surface area (Å²) in [7, 11) is 0. The van der Waals surface area contributed by atoms with Crippen molar-refractivity contribution in [3.63, 3.8) is 0 Å². The first kappa shape index (κ1) is 18.3. The minimum Gasteiger partial charge on any atom is -0.376 e. The number of carbonyl (C=O) groups excluding carboxylic acids is 2. The van der Waals surface area contributed by atoms with Gasteiger partial charge in [0.25, 0.3) is 5.91 Å². The summed E-state index contributed by atoms with van der Waals surface area (Å²) < 4.78 is 5.46. The molecule has 0 radical (unpaired) electrons. The topological polar surface area (TPSA) is 93.2 Å². The molecular formula is C18H20N4O3S. The van der Waals surface area contributed by atoms with Crippen molar-refractivity contribution in [3.05, 3.63) is 48.0 Å². The molecule has 0 bridgehead atoms. The predicted octanol–water partition coefficient (Wildman–Crippen LogP) is 2.12. The van der Waals surface area contributed by atoms with Crippen LogP contribution >= 0.6 is 11.8 Å². The molecule has 1 aliphatic heterocycles. The fraction of sp³-hybridized carbons (Fsp3) is 0.333. The van der Waals surface area contributed by atoms with Crippen LogP contribution in [0, 0.1) is 0 Å². The maximum atomic E-state index is 12.0. The van der Waals surface area contributed by atoms with E-state index < -0.39 is 0 Å². The molecule has 1 aromatic carbocycles. The standard InChI is InChI=1S/C18H20N4O3S/c23-16(19-11-14-7-4-10-25-14)12-26-17-9-8-15(21-22-17)20-18(24)13-5-2-1-3-6-13/h1-3,5-6,8-9,14H,4,7,10-12H2,(H,19,23)(H,20,21,24)/t14-/m1/s1. The summed E-state index contributed by atoms with van der Waals surface area (Å²) in [6.07, 6.45) is 2.18. The monoisotopic (exact) mass is 372 g/mol. The maximum Gasteiger partial charge on any atom is 0.256 e. The van der Waals surface area contributed by atoms with E-state index in [-0.39, 0.29) is 23.7 Å². The molecular weight excluding hydrogens is 352 g/mol. The molecule has 0 saturated carbocycles. The minimum atomic E-state index is -0.242. The van der Waals surface area contributed by atoms with Crippen LogP contribution < -0.4 is 10.6 Å². The van der Waals surface area contributed by atoms with E-state index >= 15 is 0 Å². The van der Waals surface area contributed by atoms with Gasteiger partial charge in [0.15, 0.2) is 5.82 Å². The molecule has 8 heteroatoms. The van der Waals surface area contributed by atoms with Crippen LogP contribution in [0.5, 0.6) is 0 Å². The second-order valence-electron chi connectivity index (χ2n) is 5.80. The summed E-state index contributed by atoms with van der Waals surface area (Å²) in [5.41, 5.74) is 0.552. The summed E-state index contributed by atoms with van der Waals surface area (Å²) in [6, 6.07) is 12.3. The molecule has 26 heavy (non-hydrogen) atoms. The fourth-order valence-corrected chi connectivity index (χ4v) is 3.11. The third-order valence-electron chi connectivity index (χ3n) is 3.82. The molecule has 2 aromatic rings. The molecule has 1 aromatic heterocycles. The van der Waals surface area contributed by atoms with Crippen molar-refractivity contribution in [2.24, 2.45) is 0 Å². The van der Waals surface area contributed by atoms with E-state index in [1.54, 1.807) is 36.4 Å². The Morgan fingerprint density at radius 3 is 2.69 bits per heavy atom. The predicted molar refractivity (Wildman–Crippen MR) is 99.1 cm³/mol. The van der Waals surface area contributed by atoms with Gasteiger partial charge in [0.2, 0.25) is 5.91 Å². The van der Waals surface area contributed by atoms with E-state index in [2.05, 4.69) is 20.8 Å². The smallest absolute Gasteiger partial charge is 0.256 e. The zero-order valence-corrected chi connectivity index (χ0v) is 15.0. The quantitative estimate of drug-likeness (QED) is 0.723. The Morgan fingerprint density at radius 2 is 2.00 bits per heavy atom. The van der Waals surface area contributed by atoms with Crippen molar-refractivity contribution in [2.45, 2.75) is 24.0 Å². The van der Waals surface area contributed by atoms with Crippen LogP contribution in [-0.4, -0.2) is 47.0 Å². The number of amides is 2. The van der Waals surface area contributed by atoms with E-state index in [0.717, 1.165) is 19.4 Å². The van der Waals surface area contributed by atoms with Gasteiger partial charge >= 0.3 is 0 Å². The van der Waals surface area contributed by atoms with Gasteiger partial charge in [-0.15, -0.1) is 10.2 Å². The first-order chi connectivity index (χ1) is 12.7. The number of nitrogens with one attached hydrogen (secondary N) is 2. The molecule has 136 valence electrons. The average molecular weight is 372 g/mol. The van der Waals surface area contributed by atoms with Gasteiger partial charge in [-0.2, -0.15) is 0 Å². The van der Waals surface area contributed by atoms with E-state index in [1.165, 1.54) is 11.8 Å². The Balaban J connectivity index is 1.42. The SMILES string of the molecule is O=C(CSc1ccc(NC(=O)c2ccccc2)nn1)NC[C@H]1CCCO1. The number of thioether (sulfide) groups is 1. The van der Waals surface area contributed by atoms with E-state index in [0.29, 0.717) is 23.0 Å². The van der Waals surface area contributed by atoms with Crippen molar-refractivity contribution in [1.29, 1.82) is 0 Å². The number of carbonyl (C=O) groups is 2. The number of anilines is 1. The Bertz CT molecular complexity index is 734. The lowest BCUT2D eigenvalue weighted by Crippen LogP contribution is -2.32. The van der Waals surface area contributed by atoms with Gasteiger partial charge in [-0.25, -0.2) is 0 Å². The molecule has 0 unspecified atom stereocenters. The number of benzene rings is 1. The van der Waals surface area contributed by atoms with Crippen molar-refractivity contribution in [3.8, 4) is 0 Å². The lowest BCUT2D eigenvalue weighted by molar-refractivity contribution is -0.119. The zero-order chi connectivity index (χ0) is 18.2. The second-order valence-corrected chi connectivity index (χ2v) is 6.80. The summed E-state index contributed by atoms with van der Waals surface area (Å²) in [6.45, 7) is 1.33. The summed E-state index contributed by atoms with van der Waals surface area (Å²) >= 11 is 1.30. The normalized spacial score (nSPS) is 16.2. The summed E-state index contributed by atoms with van der Waals surface area (Å²) in [5, 5.41) is 14.2. The van der Waals surface area contributed by atoms with Crippen molar-refractivity contribution in [2.75, 3.05) is 24.2 Å². The number of hydrogen-bond donors (Lipinski definition) is 2. The van der Waals surface area contributed by atoms with E-state index in [1.807, 2.05) is 6.07 Å².